The summed E-state index contributed by atoms with van der Waals surface area (Å²) in [6, 6.07) is 2.85. The van der Waals surface area contributed by atoms with Gasteiger partial charge in [0, 0.05) is 13.1 Å². The fraction of sp³-hybridized carbons (Fsp3) is 0.455. The molecule has 1 aliphatic heterocycles. The van der Waals surface area contributed by atoms with Crippen LogP contribution in [0.15, 0.2) is 18.2 Å². The molecule has 1 saturated heterocycles. The molecule has 1 aliphatic rings. The third-order valence-electron chi connectivity index (χ3n) is 2.57. The lowest BCUT2D eigenvalue weighted by atomic mass is 10.1. The summed E-state index contributed by atoms with van der Waals surface area (Å²) in [5.74, 6) is -1.26. The maximum Gasteiger partial charge on any atom is 0.419 e. The van der Waals surface area contributed by atoms with Crippen molar-refractivity contribution in [3.8, 4) is 0 Å². The Labute approximate surface area is 95.6 Å². The van der Waals surface area contributed by atoms with Gasteiger partial charge in [-0.15, -0.1) is 0 Å². The Morgan fingerprint density at radius 3 is 2.47 bits per heavy atom. The quantitative estimate of drug-likeness (QED) is 0.830. The molecule has 2 nitrogen and oxygen atoms in total. The Balaban J connectivity index is 2.02. The van der Waals surface area contributed by atoms with Crippen LogP contribution >= 0.6 is 0 Å². The molecule has 1 aromatic carbocycles. The van der Waals surface area contributed by atoms with Crippen molar-refractivity contribution < 1.29 is 22.3 Å². The molecular weight excluding hydrogens is 238 g/mol. The number of nitrogens with one attached hydrogen (secondary N) is 1. The van der Waals surface area contributed by atoms with Crippen molar-refractivity contribution in [2.24, 2.45) is 0 Å². The molecule has 6 heteroatoms. The molecule has 1 N–H and O–H groups in total. The molecule has 0 bridgehead atoms. The SMILES string of the molecule is Fc1cc(COC2CNC2)ccc1C(F)(F)F. The lowest BCUT2D eigenvalue weighted by molar-refractivity contribution is -0.140. The highest BCUT2D eigenvalue weighted by Gasteiger charge is 2.33. The van der Waals surface area contributed by atoms with Gasteiger partial charge in [-0.2, -0.15) is 13.2 Å². The third kappa shape index (κ3) is 2.95. The number of benzene rings is 1. The lowest BCUT2D eigenvalue weighted by Crippen LogP contribution is -2.48. The Morgan fingerprint density at radius 1 is 1.29 bits per heavy atom. The van der Waals surface area contributed by atoms with Gasteiger partial charge in [-0.25, -0.2) is 4.39 Å². The Bertz CT molecular complexity index is 401. The first-order valence-corrected chi connectivity index (χ1v) is 5.15. The van der Waals surface area contributed by atoms with Crippen LogP contribution in [0, 0.1) is 5.82 Å². The molecule has 94 valence electrons. The van der Waals surface area contributed by atoms with Gasteiger partial charge in [-0.3, -0.25) is 0 Å². The summed E-state index contributed by atoms with van der Waals surface area (Å²) in [7, 11) is 0. The Kier molecular flexibility index (Phi) is 3.35. The van der Waals surface area contributed by atoms with Crippen LogP contribution in [0.5, 0.6) is 0 Å². The Morgan fingerprint density at radius 2 is 2.00 bits per heavy atom. The largest absolute Gasteiger partial charge is 0.419 e. The highest BCUT2D eigenvalue weighted by atomic mass is 19.4. The van der Waals surface area contributed by atoms with Crippen LogP contribution in [0.4, 0.5) is 17.6 Å². The van der Waals surface area contributed by atoms with E-state index in [1.165, 1.54) is 6.07 Å². The number of ether oxygens (including phenoxy) is 1. The van der Waals surface area contributed by atoms with Gasteiger partial charge in [0.2, 0.25) is 0 Å². The van der Waals surface area contributed by atoms with Crippen molar-refractivity contribution >= 4 is 0 Å². The van der Waals surface area contributed by atoms with Gasteiger partial charge in [0.15, 0.2) is 0 Å². The van der Waals surface area contributed by atoms with Crippen LogP contribution in [0.25, 0.3) is 0 Å². The van der Waals surface area contributed by atoms with Crippen LogP contribution < -0.4 is 5.32 Å². The van der Waals surface area contributed by atoms with Crippen LogP contribution in [-0.4, -0.2) is 19.2 Å². The first kappa shape index (κ1) is 12.3. The molecule has 0 aromatic heterocycles. The average molecular weight is 249 g/mol. The van der Waals surface area contributed by atoms with Gasteiger partial charge in [0.25, 0.3) is 0 Å². The van der Waals surface area contributed by atoms with E-state index in [9.17, 15) is 17.6 Å². The molecule has 2 rings (SSSR count). The predicted octanol–water partition coefficient (Wildman–Crippen LogP) is 2.33. The van der Waals surface area contributed by atoms with E-state index in [0.29, 0.717) is 5.56 Å². The van der Waals surface area contributed by atoms with Crippen molar-refractivity contribution in [3.05, 3.63) is 35.1 Å². The van der Waals surface area contributed by atoms with Gasteiger partial charge in [0.1, 0.15) is 5.82 Å². The van der Waals surface area contributed by atoms with Gasteiger partial charge < -0.3 is 10.1 Å². The zero-order valence-electron chi connectivity index (χ0n) is 8.85. The van der Waals surface area contributed by atoms with E-state index >= 15 is 0 Å². The van der Waals surface area contributed by atoms with Crippen LogP contribution in [0.3, 0.4) is 0 Å². The predicted molar refractivity (Wildman–Crippen MR) is 52.8 cm³/mol. The van der Waals surface area contributed by atoms with E-state index in [1.54, 1.807) is 0 Å². The third-order valence-corrected chi connectivity index (χ3v) is 2.57. The van der Waals surface area contributed by atoms with E-state index in [0.717, 1.165) is 25.2 Å². The molecule has 1 fully saturated rings. The highest BCUT2D eigenvalue weighted by molar-refractivity contribution is 5.26. The fourth-order valence-electron chi connectivity index (χ4n) is 1.47. The number of hydrogen-bond donors (Lipinski definition) is 1. The zero-order valence-corrected chi connectivity index (χ0v) is 8.85. The fourth-order valence-corrected chi connectivity index (χ4v) is 1.47. The van der Waals surface area contributed by atoms with Crippen LogP contribution in [-0.2, 0) is 17.5 Å². The van der Waals surface area contributed by atoms with E-state index in [2.05, 4.69) is 5.32 Å². The number of halogens is 4. The molecule has 1 heterocycles. The molecule has 17 heavy (non-hydrogen) atoms. The van der Waals surface area contributed by atoms with E-state index in [1.807, 2.05) is 0 Å². The van der Waals surface area contributed by atoms with E-state index in [-0.39, 0.29) is 12.7 Å². The van der Waals surface area contributed by atoms with Gasteiger partial charge in [-0.1, -0.05) is 6.07 Å². The van der Waals surface area contributed by atoms with Crippen LogP contribution in [0.2, 0.25) is 0 Å². The lowest BCUT2D eigenvalue weighted by Gasteiger charge is -2.27. The van der Waals surface area contributed by atoms with E-state index < -0.39 is 17.6 Å². The maximum atomic E-state index is 13.2. The molecule has 0 atom stereocenters. The number of hydrogen-bond acceptors (Lipinski definition) is 2. The van der Waals surface area contributed by atoms with Crippen molar-refractivity contribution in [2.45, 2.75) is 18.9 Å². The number of rotatable bonds is 3. The summed E-state index contributed by atoms with van der Waals surface area (Å²) in [5.41, 5.74) is -0.839. The first-order chi connectivity index (χ1) is 7.97. The average Bonchev–Trinajstić information content (AvgIpc) is 2.13. The van der Waals surface area contributed by atoms with Crippen LogP contribution in [0.1, 0.15) is 11.1 Å². The summed E-state index contributed by atoms with van der Waals surface area (Å²) in [6.07, 6.45) is -4.58. The summed E-state index contributed by atoms with van der Waals surface area (Å²) in [5, 5.41) is 2.99. The minimum Gasteiger partial charge on any atom is -0.371 e. The Hall–Kier alpha value is -1.14. The smallest absolute Gasteiger partial charge is 0.371 e. The molecule has 0 aliphatic carbocycles. The minimum absolute atomic E-state index is 0.0698. The molecule has 0 radical (unpaired) electrons. The van der Waals surface area contributed by atoms with Crippen molar-refractivity contribution in [1.29, 1.82) is 0 Å². The zero-order chi connectivity index (χ0) is 12.5. The second-order valence-electron chi connectivity index (χ2n) is 3.90. The van der Waals surface area contributed by atoms with Crippen molar-refractivity contribution in [1.82, 2.24) is 5.32 Å². The molecule has 0 spiro atoms. The summed E-state index contributed by atoms with van der Waals surface area (Å²) in [4.78, 5) is 0. The summed E-state index contributed by atoms with van der Waals surface area (Å²) >= 11 is 0. The normalized spacial score (nSPS) is 16.9. The molecule has 0 amide bonds. The van der Waals surface area contributed by atoms with E-state index in [4.69, 9.17) is 4.74 Å². The summed E-state index contributed by atoms with van der Waals surface area (Å²) in [6.45, 7) is 1.58. The molecule has 0 saturated carbocycles. The molecular formula is C11H11F4NO. The second kappa shape index (κ2) is 4.62. The summed E-state index contributed by atoms with van der Waals surface area (Å²) < 4.78 is 55.3. The molecule has 0 unspecified atom stereocenters. The first-order valence-electron chi connectivity index (χ1n) is 5.15. The highest BCUT2D eigenvalue weighted by Crippen LogP contribution is 2.31. The van der Waals surface area contributed by atoms with Crippen molar-refractivity contribution in [3.63, 3.8) is 0 Å². The topological polar surface area (TPSA) is 21.3 Å². The van der Waals surface area contributed by atoms with Crippen molar-refractivity contribution in [2.75, 3.05) is 13.1 Å². The minimum atomic E-state index is -4.65. The standard InChI is InChI=1S/C11H11F4NO/c12-10-3-7(6-17-8-4-16-5-8)1-2-9(10)11(13,14)15/h1-3,8,16H,4-6H2. The molecule has 1 aromatic rings. The van der Waals surface area contributed by atoms with Gasteiger partial charge in [-0.05, 0) is 17.7 Å². The monoisotopic (exact) mass is 249 g/mol. The van der Waals surface area contributed by atoms with Gasteiger partial charge >= 0.3 is 6.18 Å². The van der Waals surface area contributed by atoms with Gasteiger partial charge in [0.05, 0.1) is 18.3 Å². The second-order valence-corrected chi connectivity index (χ2v) is 3.90. The maximum absolute atomic E-state index is 13.2. The number of alkyl halides is 3.